The maximum absolute atomic E-state index is 4.49. The summed E-state index contributed by atoms with van der Waals surface area (Å²) in [7, 11) is 4.08. The van der Waals surface area contributed by atoms with Gasteiger partial charge in [0.05, 0.1) is 5.69 Å². The average Bonchev–Trinajstić information content (AvgIpc) is 2.64. The fourth-order valence-electron chi connectivity index (χ4n) is 2.95. The molecule has 1 fully saturated rings. The van der Waals surface area contributed by atoms with Crippen LogP contribution in [0, 0.1) is 11.8 Å². The number of rotatable bonds is 3. The molecule has 3 unspecified atom stereocenters. The standard InChI is InChI=1S/C13H23N3/c1-10-4-5-13(14-2)11(8-10)9-12-6-7-16(3)15-12/h6-7,10-11,13-14H,4-5,8-9H2,1-3H3. The van der Waals surface area contributed by atoms with E-state index in [1.54, 1.807) is 0 Å². The van der Waals surface area contributed by atoms with Crippen molar-refractivity contribution in [1.29, 1.82) is 0 Å². The number of aryl methyl sites for hydroxylation is 1. The third kappa shape index (κ3) is 2.64. The topological polar surface area (TPSA) is 29.9 Å². The molecule has 2 rings (SSSR count). The van der Waals surface area contributed by atoms with Crippen LogP contribution in [0.4, 0.5) is 0 Å². The van der Waals surface area contributed by atoms with Crippen molar-refractivity contribution in [3.8, 4) is 0 Å². The molecule has 3 nitrogen and oxygen atoms in total. The largest absolute Gasteiger partial charge is 0.317 e. The molecule has 0 saturated heterocycles. The molecule has 0 spiro atoms. The highest BCUT2D eigenvalue weighted by molar-refractivity contribution is 5.02. The lowest BCUT2D eigenvalue weighted by Gasteiger charge is -2.34. The Kier molecular flexibility index (Phi) is 3.64. The van der Waals surface area contributed by atoms with E-state index in [1.165, 1.54) is 25.0 Å². The quantitative estimate of drug-likeness (QED) is 0.846. The van der Waals surface area contributed by atoms with E-state index in [1.807, 2.05) is 17.9 Å². The summed E-state index contributed by atoms with van der Waals surface area (Å²) in [6, 6.07) is 2.82. The highest BCUT2D eigenvalue weighted by Crippen LogP contribution is 2.30. The van der Waals surface area contributed by atoms with Crippen LogP contribution in [0.15, 0.2) is 12.3 Å². The molecule has 0 aliphatic heterocycles. The van der Waals surface area contributed by atoms with Crippen LogP contribution in [-0.4, -0.2) is 22.9 Å². The first-order valence-corrected chi connectivity index (χ1v) is 6.35. The molecule has 0 aromatic carbocycles. The molecule has 1 N–H and O–H groups in total. The average molecular weight is 221 g/mol. The van der Waals surface area contributed by atoms with Gasteiger partial charge in [0.1, 0.15) is 0 Å². The molecular weight excluding hydrogens is 198 g/mol. The summed E-state index contributed by atoms with van der Waals surface area (Å²) in [5.41, 5.74) is 1.24. The monoisotopic (exact) mass is 221 g/mol. The molecule has 1 aromatic heterocycles. The number of hydrogen-bond donors (Lipinski definition) is 1. The summed E-state index contributed by atoms with van der Waals surface area (Å²) >= 11 is 0. The lowest BCUT2D eigenvalue weighted by Crippen LogP contribution is -2.39. The van der Waals surface area contributed by atoms with E-state index in [-0.39, 0.29) is 0 Å². The van der Waals surface area contributed by atoms with Gasteiger partial charge in [-0.25, -0.2) is 0 Å². The Morgan fingerprint density at radius 1 is 1.50 bits per heavy atom. The van der Waals surface area contributed by atoms with Gasteiger partial charge in [-0.05, 0) is 50.6 Å². The fourth-order valence-corrected chi connectivity index (χ4v) is 2.95. The Balaban J connectivity index is 2.00. The lowest BCUT2D eigenvalue weighted by atomic mass is 9.77. The van der Waals surface area contributed by atoms with E-state index in [0.717, 1.165) is 18.3 Å². The smallest absolute Gasteiger partial charge is 0.0627 e. The molecule has 1 saturated carbocycles. The minimum atomic E-state index is 0.679. The summed E-state index contributed by atoms with van der Waals surface area (Å²) in [4.78, 5) is 0. The Hall–Kier alpha value is -0.830. The molecule has 90 valence electrons. The minimum absolute atomic E-state index is 0.679. The van der Waals surface area contributed by atoms with Gasteiger partial charge in [-0.2, -0.15) is 5.10 Å². The van der Waals surface area contributed by atoms with Gasteiger partial charge in [0.15, 0.2) is 0 Å². The number of nitrogens with one attached hydrogen (secondary N) is 1. The molecule has 3 atom stereocenters. The van der Waals surface area contributed by atoms with Gasteiger partial charge in [-0.3, -0.25) is 4.68 Å². The Morgan fingerprint density at radius 2 is 2.31 bits per heavy atom. The van der Waals surface area contributed by atoms with Gasteiger partial charge in [0.2, 0.25) is 0 Å². The zero-order chi connectivity index (χ0) is 11.5. The molecule has 0 amide bonds. The van der Waals surface area contributed by atoms with Gasteiger partial charge < -0.3 is 5.32 Å². The second kappa shape index (κ2) is 5.00. The molecule has 1 aromatic rings. The van der Waals surface area contributed by atoms with Crippen molar-refractivity contribution in [3.63, 3.8) is 0 Å². The summed E-state index contributed by atoms with van der Waals surface area (Å²) < 4.78 is 1.90. The highest BCUT2D eigenvalue weighted by atomic mass is 15.2. The minimum Gasteiger partial charge on any atom is -0.317 e. The Labute approximate surface area is 98.2 Å². The van der Waals surface area contributed by atoms with Crippen molar-refractivity contribution in [2.75, 3.05) is 7.05 Å². The number of nitrogens with zero attached hydrogens (tertiary/aromatic N) is 2. The molecule has 1 heterocycles. The van der Waals surface area contributed by atoms with E-state index >= 15 is 0 Å². The first-order valence-electron chi connectivity index (χ1n) is 6.35. The van der Waals surface area contributed by atoms with Gasteiger partial charge >= 0.3 is 0 Å². The number of hydrogen-bond acceptors (Lipinski definition) is 2. The van der Waals surface area contributed by atoms with Gasteiger partial charge in [0, 0.05) is 19.3 Å². The maximum atomic E-state index is 4.49. The molecule has 0 radical (unpaired) electrons. The van der Waals surface area contributed by atoms with Gasteiger partial charge in [-0.15, -0.1) is 0 Å². The van der Waals surface area contributed by atoms with Gasteiger partial charge in [0.25, 0.3) is 0 Å². The zero-order valence-corrected chi connectivity index (χ0v) is 10.6. The van der Waals surface area contributed by atoms with Crippen LogP contribution in [0.5, 0.6) is 0 Å². The first kappa shape index (κ1) is 11.6. The third-order valence-corrected chi connectivity index (χ3v) is 3.86. The number of aromatic nitrogens is 2. The molecule has 0 bridgehead atoms. The van der Waals surface area contributed by atoms with Crippen LogP contribution < -0.4 is 5.32 Å². The van der Waals surface area contributed by atoms with Crippen LogP contribution in [0.25, 0.3) is 0 Å². The van der Waals surface area contributed by atoms with E-state index in [2.05, 4.69) is 30.5 Å². The van der Waals surface area contributed by atoms with E-state index in [0.29, 0.717) is 6.04 Å². The van der Waals surface area contributed by atoms with Crippen LogP contribution in [0.1, 0.15) is 31.9 Å². The molecule has 1 aliphatic carbocycles. The van der Waals surface area contributed by atoms with E-state index in [9.17, 15) is 0 Å². The maximum Gasteiger partial charge on any atom is 0.0627 e. The van der Waals surface area contributed by atoms with Gasteiger partial charge in [-0.1, -0.05) is 6.92 Å². The normalized spacial score (nSPS) is 30.6. The summed E-state index contributed by atoms with van der Waals surface area (Å²) in [5.74, 6) is 1.63. The highest BCUT2D eigenvalue weighted by Gasteiger charge is 2.27. The Morgan fingerprint density at radius 3 is 2.94 bits per heavy atom. The fraction of sp³-hybridized carbons (Fsp3) is 0.769. The van der Waals surface area contributed by atoms with Crippen LogP contribution in [-0.2, 0) is 13.5 Å². The SMILES string of the molecule is CNC1CCC(C)CC1Cc1ccn(C)n1. The molecule has 16 heavy (non-hydrogen) atoms. The van der Waals surface area contributed by atoms with E-state index < -0.39 is 0 Å². The van der Waals surface area contributed by atoms with Crippen molar-refractivity contribution in [3.05, 3.63) is 18.0 Å². The third-order valence-electron chi connectivity index (χ3n) is 3.86. The zero-order valence-electron chi connectivity index (χ0n) is 10.6. The summed E-state index contributed by atoms with van der Waals surface area (Å²) in [6.45, 7) is 2.37. The predicted molar refractivity (Wildman–Crippen MR) is 66.3 cm³/mol. The predicted octanol–water partition coefficient (Wildman–Crippen LogP) is 1.99. The van der Waals surface area contributed by atoms with Crippen LogP contribution in [0.3, 0.4) is 0 Å². The Bertz CT molecular complexity index is 332. The van der Waals surface area contributed by atoms with Crippen LogP contribution in [0.2, 0.25) is 0 Å². The van der Waals surface area contributed by atoms with Crippen molar-refractivity contribution in [2.45, 2.75) is 38.6 Å². The van der Waals surface area contributed by atoms with Crippen LogP contribution >= 0.6 is 0 Å². The molecule has 3 heteroatoms. The summed E-state index contributed by atoms with van der Waals surface area (Å²) in [6.07, 6.45) is 7.17. The van der Waals surface area contributed by atoms with E-state index in [4.69, 9.17) is 0 Å². The van der Waals surface area contributed by atoms with Crippen molar-refractivity contribution in [1.82, 2.24) is 15.1 Å². The second-order valence-electron chi connectivity index (χ2n) is 5.26. The molecule has 1 aliphatic rings. The first-order chi connectivity index (χ1) is 7.69. The second-order valence-corrected chi connectivity index (χ2v) is 5.26. The van der Waals surface area contributed by atoms with Crippen molar-refractivity contribution >= 4 is 0 Å². The summed E-state index contributed by atoms with van der Waals surface area (Å²) in [5, 5.41) is 7.95. The van der Waals surface area contributed by atoms with Crippen molar-refractivity contribution < 1.29 is 0 Å². The molecular formula is C13H23N3. The lowest BCUT2D eigenvalue weighted by molar-refractivity contribution is 0.219. The van der Waals surface area contributed by atoms with Crippen molar-refractivity contribution in [2.24, 2.45) is 18.9 Å².